The Bertz CT molecular complexity index is 1000. The van der Waals surface area contributed by atoms with Crippen LogP contribution in [0.15, 0.2) is 98.5 Å². The number of hydrogen-bond acceptors (Lipinski definition) is 4. The lowest BCUT2D eigenvalue weighted by Crippen LogP contribution is -2.15. The van der Waals surface area contributed by atoms with E-state index in [4.69, 9.17) is 0 Å². The Morgan fingerprint density at radius 1 is 0.667 bits per heavy atom. The number of ketones is 2. The average Bonchev–Trinajstić information content (AvgIpc) is 3.11. The number of Topliss-reactive ketones (excluding diaryl/α,β-unsaturated/α-hetero) is 2. The largest absolute Gasteiger partial charge is 0.288 e. The Morgan fingerprint density at radius 2 is 1.19 bits per heavy atom. The number of carbonyl (C=O) groups is 2. The van der Waals surface area contributed by atoms with Crippen LogP contribution in [0.25, 0.3) is 0 Å². The van der Waals surface area contributed by atoms with Crippen LogP contribution in [0.3, 0.4) is 0 Å². The third-order valence-electron chi connectivity index (χ3n) is 4.23. The summed E-state index contributed by atoms with van der Waals surface area (Å²) in [5.41, 5.74) is 2.46. The highest BCUT2D eigenvalue weighted by molar-refractivity contribution is 8.24. The van der Waals surface area contributed by atoms with Gasteiger partial charge in [-0.2, -0.15) is 0 Å². The number of hydrogen-bond donors (Lipinski definition) is 0. The van der Waals surface area contributed by atoms with Gasteiger partial charge < -0.3 is 0 Å². The first-order valence-electron chi connectivity index (χ1n) is 8.53. The van der Waals surface area contributed by atoms with Crippen LogP contribution in [0, 0.1) is 6.92 Å². The highest BCUT2D eigenvalue weighted by atomic mass is 32.2. The van der Waals surface area contributed by atoms with Crippen molar-refractivity contribution in [1.29, 1.82) is 0 Å². The maximum absolute atomic E-state index is 13.3. The molecule has 2 nitrogen and oxygen atoms in total. The van der Waals surface area contributed by atoms with Crippen LogP contribution in [-0.2, 0) is 0 Å². The highest BCUT2D eigenvalue weighted by Crippen LogP contribution is 2.53. The molecule has 0 aliphatic carbocycles. The lowest BCUT2D eigenvalue weighted by molar-refractivity contribution is 0.0962. The fourth-order valence-electron chi connectivity index (χ4n) is 2.86. The van der Waals surface area contributed by atoms with Crippen LogP contribution in [0.1, 0.15) is 26.3 Å². The van der Waals surface area contributed by atoms with Gasteiger partial charge >= 0.3 is 0 Å². The molecule has 3 aromatic rings. The summed E-state index contributed by atoms with van der Waals surface area (Å²) in [6.07, 6.45) is 0. The standard InChI is InChI=1S/C23H16O2S2/c1-15-12-13-18-19(14-15)27-23(26-18)20(21(24)16-8-4-2-5-9-16)22(25)17-10-6-3-7-11-17/h2-14H,1H3. The zero-order valence-electron chi connectivity index (χ0n) is 14.6. The van der Waals surface area contributed by atoms with E-state index in [1.165, 1.54) is 23.5 Å². The van der Waals surface area contributed by atoms with E-state index in [1.54, 1.807) is 24.3 Å². The van der Waals surface area contributed by atoms with Gasteiger partial charge in [-0.05, 0) is 24.6 Å². The molecule has 0 saturated carbocycles. The molecule has 0 radical (unpaired) electrons. The third-order valence-corrected chi connectivity index (χ3v) is 6.78. The van der Waals surface area contributed by atoms with E-state index in [9.17, 15) is 9.59 Å². The van der Waals surface area contributed by atoms with Crippen molar-refractivity contribution in [2.24, 2.45) is 0 Å². The Morgan fingerprint density at radius 3 is 1.74 bits per heavy atom. The summed E-state index contributed by atoms with van der Waals surface area (Å²) in [5.74, 6) is -0.465. The molecule has 0 fully saturated rings. The number of fused-ring (bicyclic) bond motifs is 1. The predicted molar refractivity (Wildman–Crippen MR) is 111 cm³/mol. The second-order valence-corrected chi connectivity index (χ2v) is 8.57. The Hall–Kier alpha value is -2.56. The number of aryl methyl sites for hydroxylation is 1. The van der Waals surface area contributed by atoms with Gasteiger partial charge in [0, 0.05) is 20.9 Å². The number of rotatable bonds is 4. The minimum atomic E-state index is -0.232. The molecule has 0 bridgehead atoms. The molecule has 3 aromatic carbocycles. The van der Waals surface area contributed by atoms with E-state index >= 15 is 0 Å². The van der Waals surface area contributed by atoms with Gasteiger partial charge in [0.05, 0.1) is 9.81 Å². The molecule has 0 amide bonds. The van der Waals surface area contributed by atoms with Gasteiger partial charge in [-0.1, -0.05) is 90.3 Å². The second kappa shape index (κ2) is 7.59. The second-order valence-electron chi connectivity index (χ2n) is 6.21. The van der Waals surface area contributed by atoms with Crippen LogP contribution in [-0.4, -0.2) is 11.6 Å². The van der Waals surface area contributed by atoms with Gasteiger partial charge in [-0.25, -0.2) is 0 Å². The number of carbonyl (C=O) groups excluding carboxylic acids is 2. The number of benzene rings is 3. The molecule has 1 aliphatic heterocycles. The van der Waals surface area contributed by atoms with E-state index in [1.807, 2.05) is 55.5 Å². The molecule has 0 aromatic heterocycles. The maximum atomic E-state index is 13.3. The first-order chi connectivity index (χ1) is 13.1. The van der Waals surface area contributed by atoms with Gasteiger partial charge in [-0.15, -0.1) is 0 Å². The lowest BCUT2D eigenvalue weighted by Gasteiger charge is -2.09. The Balaban J connectivity index is 1.82. The molecule has 4 heteroatoms. The summed E-state index contributed by atoms with van der Waals surface area (Å²) in [6.45, 7) is 2.04. The van der Waals surface area contributed by atoms with Crippen molar-refractivity contribution in [1.82, 2.24) is 0 Å². The number of allylic oxidation sites excluding steroid dienone is 1. The zero-order valence-corrected chi connectivity index (χ0v) is 16.3. The van der Waals surface area contributed by atoms with E-state index < -0.39 is 0 Å². The average molecular weight is 389 g/mol. The van der Waals surface area contributed by atoms with E-state index in [2.05, 4.69) is 6.07 Å². The van der Waals surface area contributed by atoms with Crippen LogP contribution in [0.2, 0.25) is 0 Å². The predicted octanol–water partition coefficient (Wildman–Crippen LogP) is 6.17. The fraction of sp³-hybridized carbons (Fsp3) is 0.0435. The minimum absolute atomic E-state index is 0.232. The van der Waals surface area contributed by atoms with Crippen molar-refractivity contribution in [2.45, 2.75) is 16.7 Å². The maximum Gasteiger partial charge on any atom is 0.198 e. The highest BCUT2D eigenvalue weighted by Gasteiger charge is 2.30. The van der Waals surface area contributed by atoms with E-state index in [0.717, 1.165) is 19.6 Å². The Labute approximate surface area is 166 Å². The van der Waals surface area contributed by atoms with Crippen LogP contribution >= 0.6 is 23.5 Å². The van der Waals surface area contributed by atoms with Gasteiger partial charge in [0.2, 0.25) is 0 Å². The first-order valence-corrected chi connectivity index (χ1v) is 10.2. The minimum Gasteiger partial charge on any atom is -0.288 e. The van der Waals surface area contributed by atoms with Crippen molar-refractivity contribution in [3.63, 3.8) is 0 Å². The van der Waals surface area contributed by atoms with Gasteiger partial charge in [0.25, 0.3) is 0 Å². The molecule has 1 aliphatic rings. The summed E-state index contributed by atoms with van der Waals surface area (Å²) in [4.78, 5) is 28.7. The van der Waals surface area contributed by atoms with Gasteiger partial charge in [-0.3, -0.25) is 9.59 Å². The smallest absolute Gasteiger partial charge is 0.198 e. The van der Waals surface area contributed by atoms with Crippen molar-refractivity contribution in [3.05, 3.63) is 105 Å². The summed E-state index contributed by atoms with van der Waals surface area (Å²) >= 11 is 3.01. The third kappa shape index (κ3) is 3.64. The molecule has 27 heavy (non-hydrogen) atoms. The summed E-state index contributed by atoms with van der Waals surface area (Å²) < 4.78 is 0.748. The molecule has 132 valence electrons. The van der Waals surface area contributed by atoms with Gasteiger partial charge in [0.1, 0.15) is 0 Å². The lowest BCUT2D eigenvalue weighted by atomic mass is 9.97. The summed E-state index contributed by atoms with van der Waals surface area (Å²) in [5, 5.41) is 0. The van der Waals surface area contributed by atoms with E-state index in [0.29, 0.717) is 11.1 Å². The van der Waals surface area contributed by atoms with Crippen LogP contribution in [0.4, 0.5) is 0 Å². The summed E-state index contributed by atoms with van der Waals surface area (Å²) in [7, 11) is 0. The molecule has 0 saturated heterocycles. The van der Waals surface area contributed by atoms with Crippen molar-refractivity contribution in [3.8, 4) is 0 Å². The SMILES string of the molecule is Cc1ccc2c(c1)SC(=C(C(=O)c1ccccc1)C(=O)c1ccccc1)S2. The molecule has 0 atom stereocenters. The normalized spacial score (nSPS) is 12.6. The first kappa shape index (κ1) is 17.8. The Kier molecular flexibility index (Phi) is 5.01. The van der Waals surface area contributed by atoms with Gasteiger partial charge in [0.15, 0.2) is 11.6 Å². The molecule has 0 spiro atoms. The molecular weight excluding hydrogens is 372 g/mol. The van der Waals surface area contributed by atoms with Crippen LogP contribution in [0.5, 0.6) is 0 Å². The van der Waals surface area contributed by atoms with Crippen molar-refractivity contribution >= 4 is 35.1 Å². The van der Waals surface area contributed by atoms with Crippen LogP contribution < -0.4 is 0 Å². The molecule has 0 unspecified atom stereocenters. The van der Waals surface area contributed by atoms with Crippen molar-refractivity contribution < 1.29 is 9.59 Å². The summed E-state index contributed by atoms with van der Waals surface area (Å²) in [6, 6.07) is 24.2. The quantitative estimate of drug-likeness (QED) is 0.232. The molecule has 0 N–H and O–H groups in total. The number of thioether (sulfide) groups is 2. The molecular formula is C23H16O2S2. The van der Waals surface area contributed by atoms with Crippen molar-refractivity contribution in [2.75, 3.05) is 0 Å². The van der Waals surface area contributed by atoms with E-state index in [-0.39, 0.29) is 17.1 Å². The zero-order chi connectivity index (χ0) is 18.8. The topological polar surface area (TPSA) is 34.1 Å². The molecule has 1 heterocycles. The fourth-order valence-corrected chi connectivity index (χ4v) is 5.50. The monoisotopic (exact) mass is 388 g/mol. The molecule has 4 rings (SSSR count).